The highest BCUT2D eigenvalue weighted by Gasteiger charge is 2.41. The van der Waals surface area contributed by atoms with E-state index in [0.717, 1.165) is 43.7 Å². The number of piperidine rings is 2. The number of rotatable bonds is 8. The van der Waals surface area contributed by atoms with Crippen LogP contribution in [-0.4, -0.2) is 77.9 Å². The number of hydrogen-bond acceptors (Lipinski definition) is 6. The van der Waals surface area contributed by atoms with Crippen molar-refractivity contribution in [2.45, 2.75) is 69.4 Å². The van der Waals surface area contributed by atoms with Crippen molar-refractivity contribution in [3.05, 3.63) is 24.3 Å². The smallest absolute Gasteiger partial charge is 0.225 e. The van der Waals surface area contributed by atoms with Gasteiger partial charge in [0.25, 0.3) is 0 Å². The SMILES string of the molecule is O=C(C1CC1)N1CCC(O)(CC2CC=NN2c2ccc(NCCN3CCCCC3)cc2)CC1. The number of benzene rings is 1. The molecule has 0 spiro atoms. The standard InChI is InChI=1S/C26H39N5O2/c32-25(21-4-5-21)30-17-11-26(33,12-18-30)20-24-10-13-28-31(24)23-8-6-22(7-9-23)27-14-19-29-15-2-1-3-16-29/h6-9,13,21,24,27,33H,1-5,10-12,14-20H2. The van der Waals surface area contributed by atoms with Gasteiger partial charge in [0.2, 0.25) is 5.91 Å². The van der Waals surface area contributed by atoms with Crippen LogP contribution < -0.4 is 10.3 Å². The summed E-state index contributed by atoms with van der Waals surface area (Å²) in [7, 11) is 0. The zero-order valence-electron chi connectivity index (χ0n) is 19.8. The molecule has 1 amide bonds. The van der Waals surface area contributed by atoms with Gasteiger partial charge in [-0.3, -0.25) is 9.80 Å². The van der Waals surface area contributed by atoms with Gasteiger partial charge in [-0.2, -0.15) is 5.10 Å². The van der Waals surface area contributed by atoms with Crippen LogP contribution >= 0.6 is 0 Å². The fourth-order valence-corrected chi connectivity index (χ4v) is 5.55. The molecule has 3 fully saturated rings. The number of carbonyl (C=O) groups excluding carboxylic acids is 1. The van der Waals surface area contributed by atoms with Gasteiger partial charge in [-0.05, 0) is 82.3 Å². The molecule has 5 rings (SSSR count). The zero-order chi connectivity index (χ0) is 22.7. The molecular weight excluding hydrogens is 414 g/mol. The van der Waals surface area contributed by atoms with Crippen LogP contribution in [0.15, 0.2) is 29.4 Å². The van der Waals surface area contributed by atoms with Crippen LogP contribution in [0.4, 0.5) is 11.4 Å². The molecule has 0 radical (unpaired) electrons. The minimum Gasteiger partial charge on any atom is -0.390 e. The first-order chi connectivity index (χ1) is 16.1. The Bertz CT molecular complexity index is 824. The third-order valence-corrected chi connectivity index (χ3v) is 7.82. The van der Waals surface area contributed by atoms with Gasteiger partial charge in [-0.25, -0.2) is 0 Å². The van der Waals surface area contributed by atoms with E-state index in [4.69, 9.17) is 0 Å². The summed E-state index contributed by atoms with van der Waals surface area (Å²) in [6.07, 6.45) is 11.0. The van der Waals surface area contributed by atoms with Crippen LogP contribution in [0.5, 0.6) is 0 Å². The second-order valence-electron chi connectivity index (χ2n) is 10.4. The van der Waals surface area contributed by atoms with Crippen molar-refractivity contribution in [3.63, 3.8) is 0 Å². The molecule has 7 heteroatoms. The third-order valence-electron chi connectivity index (χ3n) is 7.82. The van der Waals surface area contributed by atoms with Crippen molar-refractivity contribution in [2.75, 3.05) is 49.6 Å². The highest BCUT2D eigenvalue weighted by molar-refractivity contribution is 5.81. The normalized spacial score (nSPS) is 25.4. The summed E-state index contributed by atoms with van der Waals surface area (Å²) >= 11 is 0. The Labute approximate surface area is 197 Å². The Morgan fingerprint density at radius 3 is 2.48 bits per heavy atom. The molecule has 3 aliphatic heterocycles. The summed E-state index contributed by atoms with van der Waals surface area (Å²) < 4.78 is 0. The Kier molecular flexibility index (Phi) is 6.88. The van der Waals surface area contributed by atoms with Crippen LogP contribution in [-0.2, 0) is 4.79 Å². The molecule has 4 aliphatic rings. The van der Waals surface area contributed by atoms with Crippen LogP contribution in [0.25, 0.3) is 0 Å². The Balaban J connectivity index is 1.11. The van der Waals surface area contributed by atoms with E-state index < -0.39 is 5.60 Å². The Morgan fingerprint density at radius 2 is 1.79 bits per heavy atom. The van der Waals surface area contributed by atoms with Gasteiger partial charge in [0.1, 0.15) is 0 Å². The second kappa shape index (κ2) is 10.0. The van der Waals surface area contributed by atoms with E-state index in [1.54, 1.807) is 0 Å². The van der Waals surface area contributed by atoms with Crippen molar-refractivity contribution in [2.24, 2.45) is 11.0 Å². The molecule has 0 aromatic heterocycles. The maximum atomic E-state index is 12.3. The predicted molar refractivity (Wildman–Crippen MR) is 133 cm³/mol. The fraction of sp³-hybridized carbons (Fsp3) is 0.692. The van der Waals surface area contributed by atoms with Crippen molar-refractivity contribution in [3.8, 4) is 0 Å². The van der Waals surface area contributed by atoms with Crippen LogP contribution in [0.2, 0.25) is 0 Å². The van der Waals surface area contributed by atoms with E-state index in [-0.39, 0.29) is 12.0 Å². The van der Waals surface area contributed by atoms with Crippen molar-refractivity contribution in [1.29, 1.82) is 0 Å². The van der Waals surface area contributed by atoms with Crippen LogP contribution in [0.3, 0.4) is 0 Å². The lowest BCUT2D eigenvalue weighted by Gasteiger charge is -2.40. The van der Waals surface area contributed by atoms with Gasteiger partial charge in [0.05, 0.1) is 17.3 Å². The molecule has 1 aromatic carbocycles. The Hall–Kier alpha value is -2.12. The molecule has 7 nitrogen and oxygen atoms in total. The largest absolute Gasteiger partial charge is 0.390 e. The summed E-state index contributed by atoms with van der Waals surface area (Å²) in [5.74, 6) is 0.560. The number of nitrogens with zero attached hydrogens (tertiary/aromatic N) is 4. The number of nitrogens with one attached hydrogen (secondary N) is 1. The maximum Gasteiger partial charge on any atom is 0.225 e. The highest BCUT2D eigenvalue weighted by atomic mass is 16.3. The maximum absolute atomic E-state index is 12.3. The van der Waals surface area contributed by atoms with Crippen LogP contribution in [0.1, 0.15) is 57.8 Å². The van der Waals surface area contributed by atoms with Crippen molar-refractivity contribution in [1.82, 2.24) is 9.80 Å². The lowest BCUT2D eigenvalue weighted by atomic mass is 9.84. The molecule has 3 heterocycles. The Morgan fingerprint density at radius 1 is 1.06 bits per heavy atom. The lowest BCUT2D eigenvalue weighted by Crippen LogP contribution is -2.49. The van der Waals surface area contributed by atoms with Crippen molar-refractivity contribution < 1.29 is 9.90 Å². The van der Waals surface area contributed by atoms with E-state index in [0.29, 0.717) is 38.3 Å². The van der Waals surface area contributed by atoms with E-state index in [2.05, 4.69) is 44.6 Å². The molecule has 1 aliphatic carbocycles. The minimum absolute atomic E-state index is 0.165. The first-order valence-corrected chi connectivity index (χ1v) is 13.0. The van der Waals surface area contributed by atoms with Crippen LogP contribution in [0, 0.1) is 5.92 Å². The third kappa shape index (κ3) is 5.69. The summed E-state index contributed by atoms with van der Waals surface area (Å²) in [6.45, 7) is 5.89. The summed E-state index contributed by atoms with van der Waals surface area (Å²) in [5, 5.41) is 21.5. The molecule has 33 heavy (non-hydrogen) atoms. The van der Waals surface area contributed by atoms with Crippen molar-refractivity contribution >= 4 is 23.5 Å². The number of anilines is 2. The first kappa shape index (κ1) is 22.7. The second-order valence-corrected chi connectivity index (χ2v) is 10.4. The fourth-order valence-electron chi connectivity index (χ4n) is 5.55. The van der Waals surface area contributed by atoms with Gasteiger partial charge < -0.3 is 20.2 Å². The average molecular weight is 454 g/mol. The van der Waals surface area contributed by atoms with E-state index in [1.165, 1.54) is 32.4 Å². The molecule has 0 bridgehead atoms. The first-order valence-electron chi connectivity index (χ1n) is 13.0. The van der Waals surface area contributed by atoms with Gasteiger partial charge in [-0.1, -0.05) is 6.42 Å². The highest BCUT2D eigenvalue weighted by Crippen LogP contribution is 2.36. The number of aliphatic hydroxyl groups is 1. The monoisotopic (exact) mass is 453 g/mol. The quantitative estimate of drug-likeness (QED) is 0.632. The molecule has 2 N–H and O–H groups in total. The average Bonchev–Trinajstić information content (AvgIpc) is 3.60. The molecular formula is C26H39N5O2. The number of hydrazone groups is 1. The van der Waals surface area contributed by atoms with Gasteiger partial charge in [-0.15, -0.1) is 0 Å². The van der Waals surface area contributed by atoms with E-state index in [1.807, 2.05) is 11.1 Å². The number of carbonyl (C=O) groups is 1. The number of likely N-dealkylation sites (tertiary alicyclic amines) is 2. The minimum atomic E-state index is -0.715. The number of hydrogen-bond donors (Lipinski definition) is 2. The van der Waals surface area contributed by atoms with E-state index in [9.17, 15) is 9.90 Å². The summed E-state index contributed by atoms with van der Waals surface area (Å²) in [6, 6.07) is 8.68. The summed E-state index contributed by atoms with van der Waals surface area (Å²) in [4.78, 5) is 16.8. The van der Waals surface area contributed by atoms with E-state index >= 15 is 0 Å². The molecule has 2 saturated heterocycles. The van der Waals surface area contributed by atoms with Gasteiger partial charge in [0, 0.05) is 50.4 Å². The lowest BCUT2D eigenvalue weighted by molar-refractivity contribution is -0.137. The molecule has 1 unspecified atom stereocenters. The molecule has 1 saturated carbocycles. The molecule has 180 valence electrons. The molecule has 1 atom stereocenters. The van der Waals surface area contributed by atoms with Gasteiger partial charge in [0.15, 0.2) is 0 Å². The van der Waals surface area contributed by atoms with Gasteiger partial charge >= 0.3 is 0 Å². The topological polar surface area (TPSA) is 71.4 Å². The summed E-state index contributed by atoms with van der Waals surface area (Å²) in [5.41, 5.74) is 1.49. The predicted octanol–water partition coefficient (Wildman–Crippen LogP) is 3.30. The molecule has 1 aromatic rings. The number of amides is 1. The zero-order valence-corrected chi connectivity index (χ0v) is 19.8.